The Bertz CT molecular complexity index is 300. The molecule has 1 unspecified atom stereocenters. The highest BCUT2D eigenvalue weighted by atomic mass is 32.1. The molecule has 5 nitrogen and oxygen atoms in total. The van der Waals surface area contributed by atoms with E-state index in [1.54, 1.807) is 0 Å². The average molecular weight is 201 g/mol. The number of hydrogen-bond acceptors (Lipinski definition) is 5. The van der Waals surface area contributed by atoms with E-state index in [9.17, 15) is 4.79 Å². The minimum atomic E-state index is -1.01. The lowest BCUT2D eigenvalue weighted by molar-refractivity contribution is 0.0695. The van der Waals surface area contributed by atoms with Crippen LogP contribution in [0.15, 0.2) is 0 Å². The Morgan fingerprint density at radius 1 is 1.69 bits per heavy atom. The Labute approximate surface area is 79.8 Å². The lowest BCUT2D eigenvalue weighted by Crippen LogP contribution is -2.23. The monoisotopic (exact) mass is 201 g/mol. The zero-order chi connectivity index (χ0) is 9.84. The number of rotatable bonds is 4. The largest absolute Gasteiger partial charge is 0.476 e. The molecule has 0 fully saturated rings. The van der Waals surface area contributed by atoms with Gasteiger partial charge in [0.15, 0.2) is 0 Å². The van der Waals surface area contributed by atoms with Gasteiger partial charge in [0.25, 0.3) is 0 Å². The SMILES string of the molecule is CNC(C)Cc1nnc(C(=O)O)s1. The topological polar surface area (TPSA) is 75.1 Å². The van der Waals surface area contributed by atoms with Crippen molar-refractivity contribution in [1.82, 2.24) is 15.5 Å². The highest BCUT2D eigenvalue weighted by molar-refractivity contribution is 7.13. The van der Waals surface area contributed by atoms with E-state index in [2.05, 4.69) is 15.5 Å². The van der Waals surface area contributed by atoms with Crippen molar-refractivity contribution in [2.24, 2.45) is 0 Å². The van der Waals surface area contributed by atoms with E-state index in [-0.39, 0.29) is 11.0 Å². The number of aromatic nitrogens is 2. The number of carboxylic acid groups (broad SMARTS) is 1. The summed E-state index contributed by atoms with van der Waals surface area (Å²) in [4.78, 5) is 10.5. The van der Waals surface area contributed by atoms with Crippen LogP contribution in [-0.2, 0) is 6.42 Å². The molecule has 0 saturated carbocycles. The van der Waals surface area contributed by atoms with Gasteiger partial charge in [0.05, 0.1) is 0 Å². The van der Waals surface area contributed by atoms with Gasteiger partial charge in [0, 0.05) is 12.5 Å². The maximum absolute atomic E-state index is 10.5. The van der Waals surface area contributed by atoms with Crippen molar-refractivity contribution in [1.29, 1.82) is 0 Å². The Balaban J connectivity index is 2.64. The maximum Gasteiger partial charge on any atom is 0.367 e. The summed E-state index contributed by atoms with van der Waals surface area (Å²) in [6.07, 6.45) is 0.710. The highest BCUT2D eigenvalue weighted by Crippen LogP contribution is 2.11. The summed E-state index contributed by atoms with van der Waals surface area (Å²) in [5.74, 6) is -1.01. The van der Waals surface area contributed by atoms with Crippen molar-refractivity contribution in [2.75, 3.05) is 7.05 Å². The predicted molar refractivity (Wildman–Crippen MR) is 49.1 cm³/mol. The van der Waals surface area contributed by atoms with Crippen LogP contribution in [0, 0.1) is 0 Å². The molecular weight excluding hydrogens is 190 g/mol. The minimum Gasteiger partial charge on any atom is -0.476 e. The number of aromatic carboxylic acids is 1. The van der Waals surface area contributed by atoms with Crippen molar-refractivity contribution in [2.45, 2.75) is 19.4 Å². The third kappa shape index (κ3) is 2.74. The van der Waals surface area contributed by atoms with Crippen LogP contribution in [0.25, 0.3) is 0 Å². The number of nitrogens with one attached hydrogen (secondary N) is 1. The molecule has 1 heterocycles. The summed E-state index contributed by atoms with van der Waals surface area (Å²) < 4.78 is 0. The summed E-state index contributed by atoms with van der Waals surface area (Å²) in [7, 11) is 1.85. The fourth-order valence-electron chi connectivity index (χ4n) is 0.787. The van der Waals surface area contributed by atoms with Crippen molar-refractivity contribution in [3.05, 3.63) is 10.0 Å². The first-order valence-corrected chi connectivity index (χ1v) is 4.68. The normalized spacial score (nSPS) is 12.8. The molecule has 0 aliphatic heterocycles. The van der Waals surface area contributed by atoms with Crippen LogP contribution >= 0.6 is 11.3 Å². The van der Waals surface area contributed by atoms with E-state index in [0.29, 0.717) is 6.42 Å². The Morgan fingerprint density at radius 2 is 2.38 bits per heavy atom. The molecule has 1 rings (SSSR count). The van der Waals surface area contributed by atoms with Crippen LogP contribution in [0.4, 0.5) is 0 Å². The molecule has 0 aromatic carbocycles. The van der Waals surface area contributed by atoms with Crippen molar-refractivity contribution >= 4 is 17.3 Å². The number of carboxylic acids is 1. The standard InChI is InChI=1S/C7H11N3O2S/c1-4(8-2)3-5-9-10-6(13-5)7(11)12/h4,8H,3H2,1-2H3,(H,11,12). The van der Waals surface area contributed by atoms with Crippen molar-refractivity contribution < 1.29 is 9.90 Å². The van der Waals surface area contributed by atoms with E-state index in [0.717, 1.165) is 16.3 Å². The van der Waals surface area contributed by atoms with Crippen molar-refractivity contribution in [3.8, 4) is 0 Å². The van der Waals surface area contributed by atoms with Gasteiger partial charge in [0.2, 0.25) is 5.01 Å². The van der Waals surface area contributed by atoms with Gasteiger partial charge < -0.3 is 10.4 Å². The molecule has 0 bridgehead atoms. The quantitative estimate of drug-likeness (QED) is 0.737. The summed E-state index contributed by atoms with van der Waals surface area (Å²) in [5.41, 5.74) is 0. The molecule has 1 aromatic rings. The molecule has 2 N–H and O–H groups in total. The van der Waals surface area contributed by atoms with Gasteiger partial charge in [-0.25, -0.2) is 4.79 Å². The van der Waals surface area contributed by atoms with Gasteiger partial charge in [-0.05, 0) is 14.0 Å². The van der Waals surface area contributed by atoms with Crippen LogP contribution in [-0.4, -0.2) is 34.4 Å². The van der Waals surface area contributed by atoms with Gasteiger partial charge in [-0.2, -0.15) is 0 Å². The third-order valence-electron chi connectivity index (χ3n) is 1.62. The van der Waals surface area contributed by atoms with E-state index in [4.69, 9.17) is 5.11 Å². The summed E-state index contributed by atoms with van der Waals surface area (Å²) in [6.45, 7) is 2.00. The molecule has 0 radical (unpaired) electrons. The number of carbonyl (C=O) groups is 1. The fraction of sp³-hybridized carbons (Fsp3) is 0.571. The fourth-order valence-corrected chi connectivity index (χ4v) is 1.59. The zero-order valence-corrected chi connectivity index (χ0v) is 8.26. The Hall–Kier alpha value is -1.01. The van der Waals surface area contributed by atoms with E-state index in [1.807, 2.05) is 14.0 Å². The molecule has 1 aromatic heterocycles. The van der Waals surface area contributed by atoms with E-state index >= 15 is 0 Å². The van der Waals surface area contributed by atoms with Crippen LogP contribution < -0.4 is 5.32 Å². The number of hydrogen-bond donors (Lipinski definition) is 2. The second kappa shape index (κ2) is 4.29. The van der Waals surface area contributed by atoms with Gasteiger partial charge in [0.1, 0.15) is 5.01 Å². The molecule has 6 heteroatoms. The second-order valence-electron chi connectivity index (χ2n) is 2.70. The van der Waals surface area contributed by atoms with Gasteiger partial charge in [-0.1, -0.05) is 11.3 Å². The highest BCUT2D eigenvalue weighted by Gasteiger charge is 2.11. The summed E-state index contributed by atoms with van der Waals surface area (Å²) in [5, 5.41) is 19.7. The Kier molecular flexibility index (Phi) is 3.32. The molecule has 13 heavy (non-hydrogen) atoms. The third-order valence-corrected chi connectivity index (χ3v) is 2.56. The lowest BCUT2D eigenvalue weighted by atomic mass is 10.2. The summed E-state index contributed by atoms with van der Waals surface area (Å²) in [6, 6.07) is 0.287. The van der Waals surface area contributed by atoms with E-state index in [1.165, 1.54) is 0 Å². The lowest BCUT2D eigenvalue weighted by Gasteiger charge is -2.05. The molecule has 1 atom stereocenters. The summed E-state index contributed by atoms with van der Waals surface area (Å²) >= 11 is 1.12. The molecule has 0 spiro atoms. The maximum atomic E-state index is 10.5. The first-order chi connectivity index (χ1) is 6.13. The Morgan fingerprint density at radius 3 is 2.85 bits per heavy atom. The molecular formula is C7H11N3O2S. The molecule has 0 aliphatic rings. The molecule has 0 aliphatic carbocycles. The van der Waals surface area contributed by atoms with Crippen LogP contribution in [0.3, 0.4) is 0 Å². The molecule has 0 saturated heterocycles. The first-order valence-electron chi connectivity index (χ1n) is 3.86. The second-order valence-corrected chi connectivity index (χ2v) is 3.76. The van der Waals surface area contributed by atoms with Crippen LogP contribution in [0.1, 0.15) is 21.7 Å². The first kappa shape index (κ1) is 10.1. The molecule has 72 valence electrons. The predicted octanol–water partition coefficient (Wildman–Crippen LogP) is 0.387. The van der Waals surface area contributed by atoms with Gasteiger partial charge in [-0.3, -0.25) is 0 Å². The average Bonchev–Trinajstić information content (AvgIpc) is 2.52. The number of likely N-dealkylation sites (N-methyl/N-ethyl adjacent to an activating group) is 1. The van der Waals surface area contributed by atoms with E-state index < -0.39 is 5.97 Å². The van der Waals surface area contributed by atoms with Crippen molar-refractivity contribution in [3.63, 3.8) is 0 Å². The molecule has 0 amide bonds. The van der Waals surface area contributed by atoms with Crippen LogP contribution in [0.2, 0.25) is 0 Å². The minimum absolute atomic E-state index is 0.0540. The smallest absolute Gasteiger partial charge is 0.367 e. The van der Waals surface area contributed by atoms with Gasteiger partial charge >= 0.3 is 5.97 Å². The zero-order valence-electron chi connectivity index (χ0n) is 7.44. The number of nitrogens with zero attached hydrogens (tertiary/aromatic N) is 2. The van der Waals surface area contributed by atoms with Gasteiger partial charge in [-0.15, -0.1) is 10.2 Å². The van der Waals surface area contributed by atoms with Crippen LogP contribution in [0.5, 0.6) is 0 Å².